The average Bonchev–Trinajstić information content (AvgIpc) is 3.24. The summed E-state index contributed by atoms with van der Waals surface area (Å²) in [6.07, 6.45) is 7.91. The largest absolute Gasteiger partial charge is 0.377 e. The van der Waals surface area contributed by atoms with E-state index in [0.717, 1.165) is 11.4 Å². The molecule has 2 aromatic carbocycles. The van der Waals surface area contributed by atoms with Crippen LogP contribution >= 0.6 is 11.6 Å². The molecule has 0 radical (unpaired) electrons. The minimum atomic E-state index is 0.297. The summed E-state index contributed by atoms with van der Waals surface area (Å²) in [6, 6.07) is 13.0. The van der Waals surface area contributed by atoms with Gasteiger partial charge >= 0.3 is 0 Å². The van der Waals surface area contributed by atoms with E-state index in [1.54, 1.807) is 0 Å². The first-order valence-electron chi connectivity index (χ1n) is 8.52. The molecule has 2 aliphatic rings. The second-order valence-electron chi connectivity index (χ2n) is 6.92. The van der Waals surface area contributed by atoms with Gasteiger partial charge in [-0.1, -0.05) is 48.0 Å². The number of allylic oxidation sites excluding steroid dienone is 2. The molecular weight excluding hydrogens is 316 g/mol. The van der Waals surface area contributed by atoms with Gasteiger partial charge in [-0.2, -0.15) is 0 Å². The van der Waals surface area contributed by atoms with Crippen molar-refractivity contribution in [3.63, 3.8) is 0 Å². The van der Waals surface area contributed by atoms with Crippen LogP contribution in [0.3, 0.4) is 0 Å². The Morgan fingerprint density at radius 1 is 1.12 bits per heavy atom. The standard InChI is InChI=1S/C21H19ClN2/c1-12-9-10-17(22)19-14-6-4-7-15(14)21(24-20(12)19)16-11-23-18-8-3-2-5-13(16)18/h2-6,8-11,14-15,21,23-24H,7H2,1H3. The van der Waals surface area contributed by atoms with Gasteiger partial charge in [-0.25, -0.2) is 0 Å². The maximum absolute atomic E-state index is 6.57. The predicted molar refractivity (Wildman–Crippen MR) is 101 cm³/mol. The zero-order chi connectivity index (χ0) is 16.3. The minimum Gasteiger partial charge on any atom is -0.377 e. The summed E-state index contributed by atoms with van der Waals surface area (Å²) in [5.74, 6) is 0.906. The van der Waals surface area contributed by atoms with Gasteiger partial charge in [-0.3, -0.25) is 0 Å². The lowest BCUT2D eigenvalue weighted by atomic mass is 9.76. The van der Waals surface area contributed by atoms with Crippen LogP contribution in [0.1, 0.15) is 35.1 Å². The molecule has 120 valence electrons. The number of rotatable bonds is 1. The molecule has 3 aromatic rings. The topological polar surface area (TPSA) is 27.8 Å². The molecule has 1 aliphatic heterocycles. The molecule has 0 spiro atoms. The van der Waals surface area contributed by atoms with Crippen molar-refractivity contribution in [1.29, 1.82) is 0 Å². The van der Waals surface area contributed by atoms with E-state index >= 15 is 0 Å². The predicted octanol–water partition coefficient (Wildman–Crippen LogP) is 5.96. The van der Waals surface area contributed by atoms with Crippen LogP contribution in [0.25, 0.3) is 10.9 Å². The number of benzene rings is 2. The molecule has 0 saturated carbocycles. The first kappa shape index (κ1) is 14.2. The first-order valence-corrected chi connectivity index (χ1v) is 8.90. The maximum atomic E-state index is 6.57. The molecule has 2 heterocycles. The third-order valence-corrected chi connectivity index (χ3v) is 5.96. The number of fused-ring (bicyclic) bond motifs is 4. The lowest BCUT2D eigenvalue weighted by Crippen LogP contribution is -2.29. The number of aromatic amines is 1. The van der Waals surface area contributed by atoms with Crippen molar-refractivity contribution in [3.05, 3.63) is 76.5 Å². The van der Waals surface area contributed by atoms with Crippen LogP contribution in [-0.2, 0) is 0 Å². The molecule has 3 heteroatoms. The van der Waals surface area contributed by atoms with Gasteiger partial charge in [-0.05, 0) is 42.5 Å². The van der Waals surface area contributed by atoms with Crippen molar-refractivity contribution in [2.24, 2.45) is 5.92 Å². The number of hydrogen-bond acceptors (Lipinski definition) is 1. The Hall–Kier alpha value is -2.19. The number of aromatic nitrogens is 1. The van der Waals surface area contributed by atoms with Crippen molar-refractivity contribution >= 4 is 28.2 Å². The summed E-state index contributed by atoms with van der Waals surface area (Å²) < 4.78 is 0. The Bertz CT molecular complexity index is 969. The molecule has 2 N–H and O–H groups in total. The molecule has 0 fully saturated rings. The molecule has 24 heavy (non-hydrogen) atoms. The fraction of sp³-hybridized carbons (Fsp3) is 0.238. The van der Waals surface area contributed by atoms with Gasteiger partial charge < -0.3 is 10.3 Å². The number of anilines is 1. The molecule has 2 nitrogen and oxygen atoms in total. The van der Waals surface area contributed by atoms with Crippen molar-refractivity contribution < 1.29 is 0 Å². The van der Waals surface area contributed by atoms with E-state index in [2.05, 4.69) is 65.9 Å². The third-order valence-electron chi connectivity index (χ3n) is 5.63. The van der Waals surface area contributed by atoms with Crippen molar-refractivity contribution in [3.8, 4) is 0 Å². The molecule has 1 aliphatic carbocycles. The first-order chi connectivity index (χ1) is 11.7. The van der Waals surface area contributed by atoms with Crippen molar-refractivity contribution in [2.45, 2.75) is 25.3 Å². The zero-order valence-corrected chi connectivity index (χ0v) is 14.3. The molecule has 1 aromatic heterocycles. The highest BCUT2D eigenvalue weighted by Gasteiger charge is 2.40. The summed E-state index contributed by atoms with van der Waals surface area (Å²) in [5, 5.41) is 6.01. The van der Waals surface area contributed by atoms with Crippen LogP contribution in [0.4, 0.5) is 5.69 Å². The van der Waals surface area contributed by atoms with Gasteiger partial charge in [0.1, 0.15) is 0 Å². The summed E-state index contributed by atoms with van der Waals surface area (Å²) in [4.78, 5) is 3.43. The van der Waals surface area contributed by atoms with Gasteiger partial charge in [0.15, 0.2) is 0 Å². The minimum absolute atomic E-state index is 0.297. The van der Waals surface area contributed by atoms with Gasteiger partial charge in [0.05, 0.1) is 6.04 Å². The number of halogens is 1. The Morgan fingerprint density at radius 3 is 2.92 bits per heavy atom. The van der Waals surface area contributed by atoms with E-state index in [4.69, 9.17) is 11.6 Å². The normalized spacial score (nSPS) is 24.7. The summed E-state index contributed by atoms with van der Waals surface area (Å²) in [5.41, 5.74) is 6.30. The van der Waals surface area contributed by atoms with Crippen LogP contribution in [0.2, 0.25) is 5.02 Å². The monoisotopic (exact) mass is 334 g/mol. The van der Waals surface area contributed by atoms with Crippen LogP contribution in [0.5, 0.6) is 0 Å². The SMILES string of the molecule is Cc1ccc(Cl)c2c1NC(c1c[nH]c3ccccc13)C1CC=CC21. The van der Waals surface area contributed by atoms with Gasteiger partial charge in [-0.15, -0.1) is 0 Å². The summed E-state index contributed by atoms with van der Waals surface area (Å²) in [7, 11) is 0. The lowest BCUT2D eigenvalue weighted by molar-refractivity contribution is 0.427. The molecular formula is C21H19ClN2. The van der Waals surface area contributed by atoms with Crippen LogP contribution in [-0.4, -0.2) is 4.98 Å². The average molecular weight is 335 g/mol. The van der Waals surface area contributed by atoms with Crippen LogP contribution in [0, 0.1) is 12.8 Å². The van der Waals surface area contributed by atoms with E-state index < -0.39 is 0 Å². The molecule has 3 atom stereocenters. The number of nitrogens with one attached hydrogen (secondary N) is 2. The molecule has 0 saturated heterocycles. The van der Waals surface area contributed by atoms with E-state index in [9.17, 15) is 0 Å². The fourth-order valence-corrected chi connectivity index (χ4v) is 4.75. The van der Waals surface area contributed by atoms with Crippen molar-refractivity contribution in [2.75, 3.05) is 5.32 Å². The van der Waals surface area contributed by atoms with E-state index in [1.807, 2.05) is 6.07 Å². The lowest BCUT2D eigenvalue weighted by Gasteiger charge is -2.38. The van der Waals surface area contributed by atoms with Gasteiger partial charge in [0, 0.05) is 39.3 Å². The van der Waals surface area contributed by atoms with Gasteiger partial charge in [0.25, 0.3) is 0 Å². The molecule has 0 amide bonds. The fourth-order valence-electron chi connectivity index (χ4n) is 4.47. The van der Waals surface area contributed by atoms with E-state index in [0.29, 0.717) is 17.9 Å². The number of para-hydroxylation sites is 1. The second-order valence-corrected chi connectivity index (χ2v) is 7.33. The van der Waals surface area contributed by atoms with Crippen LogP contribution < -0.4 is 5.32 Å². The zero-order valence-electron chi connectivity index (χ0n) is 13.5. The number of H-pyrrole nitrogens is 1. The maximum Gasteiger partial charge on any atom is 0.0575 e. The highest BCUT2D eigenvalue weighted by atomic mass is 35.5. The van der Waals surface area contributed by atoms with E-state index in [-0.39, 0.29) is 0 Å². The molecule has 0 bridgehead atoms. The van der Waals surface area contributed by atoms with Gasteiger partial charge in [0.2, 0.25) is 0 Å². The molecule has 5 rings (SSSR count). The highest BCUT2D eigenvalue weighted by molar-refractivity contribution is 6.32. The highest BCUT2D eigenvalue weighted by Crippen LogP contribution is 2.53. The van der Waals surface area contributed by atoms with Crippen molar-refractivity contribution in [1.82, 2.24) is 4.98 Å². The Kier molecular flexibility index (Phi) is 3.04. The Balaban J connectivity index is 1.70. The number of hydrogen-bond donors (Lipinski definition) is 2. The summed E-state index contributed by atoms with van der Waals surface area (Å²) in [6.45, 7) is 2.16. The summed E-state index contributed by atoms with van der Waals surface area (Å²) >= 11 is 6.57. The second kappa shape index (κ2) is 5.15. The smallest absolute Gasteiger partial charge is 0.0575 e. The van der Waals surface area contributed by atoms with Crippen LogP contribution in [0.15, 0.2) is 54.7 Å². The Labute approximate surface area is 146 Å². The third kappa shape index (κ3) is 1.90. The number of aryl methyl sites for hydroxylation is 1. The van der Waals surface area contributed by atoms with E-state index in [1.165, 1.54) is 33.3 Å². The molecule has 3 unspecified atom stereocenters. The quantitative estimate of drug-likeness (QED) is 0.528. The Morgan fingerprint density at radius 2 is 2.00 bits per heavy atom.